The Morgan fingerprint density at radius 3 is 2.89 bits per heavy atom. The van der Waals surface area contributed by atoms with E-state index in [4.69, 9.17) is 5.73 Å². The summed E-state index contributed by atoms with van der Waals surface area (Å²) in [4.78, 5) is 0. The van der Waals surface area contributed by atoms with Gasteiger partial charge in [0.05, 0.1) is 5.69 Å². The number of nitrogens with one attached hydrogen (secondary N) is 1. The number of nitrogens with two attached hydrogens (primary N) is 1. The van der Waals surface area contributed by atoms with Gasteiger partial charge in [-0.05, 0) is 46.9 Å². The highest BCUT2D eigenvalue weighted by molar-refractivity contribution is 9.10. The first-order valence-electron chi connectivity index (χ1n) is 5.27. The smallest absolute Gasteiger partial charge is 0.184 e. The van der Waals surface area contributed by atoms with E-state index in [2.05, 4.69) is 54.2 Å². The van der Waals surface area contributed by atoms with Gasteiger partial charge in [-0.2, -0.15) is 9.78 Å². The average Bonchev–Trinajstić information content (AvgIpc) is 2.84. The first-order chi connectivity index (χ1) is 9.16. The van der Waals surface area contributed by atoms with E-state index in [1.165, 1.54) is 0 Å². The van der Waals surface area contributed by atoms with E-state index in [0.29, 0.717) is 12.2 Å². The minimum Gasteiger partial charge on any atom is -0.375 e. The van der Waals surface area contributed by atoms with Gasteiger partial charge in [-0.3, -0.25) is 5.43 Å². The van der Waals surface area contributed by atoms with Crippen molar-refractivity contribution in [1.29, 1.82) is 0 Å². The number of hydrazone groups is 1. The van der Waals surface area contributed by atoms with Crippen LogP contribution in [0.1, 0.15) is 5.82 Å². The van der Waals surface area contributed by atoms with Gasteiger partial charge in [0.15, 0.2) is 10.9 Å². The lowest BCUT2D eigenvalue weighted by Crippen LogP contribution is -2.24. The van der Waals surface area contributed by atoms with Gasteiger partial charge < -0.3 is 5.73 Å². The predicted molar refractivity (Wildman–Crippen MR) is 79.0 cm³/mol. The maximum atomic E-state index is 5.24. The summed E-state index contributed by atoms with van der Waals surface area (Å²) in [5, 5.41) is 15.5. The number of thiocarbonyl (C=S) groups is 1. The standard InChI is InChI=1S/C10H10BrN7S/c11-7-1-3-8(4-2-7)18-9(14-16-17-18)5-6-13-15-10(12)19/h1-4,6H,5H2,(H3,12,15,19)/b13-6+. The van der Waals surface area contributed by atoms with Crippen LogP contribution in [0.25, 0.3) is 5.69 Å². The number of tetrazole rings is 1. The molecule has 0 aliphatic carbocycles. The maximum Gasteiger partial charge on any atom is 0.184 e. The molecule has 3 N–H and O–H groups in total. The van der Waals surface area contributed by atoms with Crippen molar-refractivity contribution in [3.63, 3.8) is 0 Å². The van der Waals surface area contributed by atoms with Crippen molar-refractivity contribution >= 4 is 39.5 Å². The third kappa shape index (κ3) is 3.80. The maximum absolute atomic E-state index is 5.24. The van der Waals surface area contributed by atoms with Crippen LogP contribution < -0.4 is 11.2 Å². The van der Waals surface area contributed by atoms with Gasteiger partial charge in [-0.25, -0.2) is 0 Å². The molecule has 0 fully saturated rings. The van der Waals surface area contributed by atoms with Crippen LogP contribution >= 0.6 is 28.1 Å². The summed E-state index contributed by atoms with van der Waals surface area (Å²) in [6.07, 6.45) is 2.05. The fourth-order valence-corrected chi connectivity index (χ4v) is 1.67. The molecule has 7 nitrogen and oxygen atoms in total. The number of benzene rings is 1. The number of hydrogen-bond donors (Lipinski definition) is 2. The van der Waals surface area contributed by atoms with Crippen LogP contribution in [0.5, 0.6) is 0 Å². The molecule has 0 saturated carbocycles. The molecular weight excluding hydrogens is 330 g/mol. The van der Waals surface area contributed by atoms with E-state index in [-0.39, 0.29) is 5.11 Å². The predicted octanol–water partition coefficient (Wildman–Crippen LogP) is 0.786. The van der Waals surface area contributed by atoms with Crippen LogP contribution in [0.2, 0.25) is 0 Å². The molecule has 1 heterocycles. The Labute approximate surface area is 123 Å². The highest BCUT2D eigenvalue weighted by atomic mass is 79.9. The molecule has 0 saturated heterocycles. The van der Waals surface area contributed by atoms with Crippen molar-refractivity contribution in [3.8, 4) is 5.69 Å². The molecule has 2 rings (SSSR count). The zero-order valence-electron chi connectivity index (χ0n) is 9.69. The molecule has 19 heavy (non-hydrogen) atoms. The minimum atomic E-state index is 0.115. The van der Waals surface area contributed by atoms with Crippen LogP contribution in [-0.4, -0.2) is 31.5 Å². The van der Waals surface area contributed by atoms with E-state index >= 15 is 0 Å². The van der Waals surface area contributed by atoms with Crippen molar-refractivity contribution in [1.82, 2.24) is 25.6 Å². The molecule has 0 unspecified atom stereocenters. The zero-order valence-corrected chi connectivity index (χ0v) is 12.1. The quantitative estimate of drug-likeness (QED) is 0.485. The molecule has 98 valence electrons. The van der Waals surface area contributed by atoms with E-state index < -0.39 is 0 Å². The normalized spacial score (nSPS) is 10.8. The van der Waals surface area contributed by atoms with E-state index in [1.807, 2.05) is 24.3 Å². The Morgan fingerprint density at radius 1 is 1.47 bits per heavy atom. The SMILES string of the molecule is NC(=S)N/N=C/Cc1nnnn1-c1ccc(Br)cc1. The van der Waals surface area contributed by atoms with Crippen LogP contribution in [0.4, 0.5) is 0 Å². The highest BCUT2D eigenvalue weighted by Crippen LogP contribution is 2.13. The van der Waals surface area contributed by atoms with Gasteiger partial charge in [-0.1, -0.05) is 15.9 Å². The zero-order chi connectivity index (χ0) is 13.7. The molecule has 0 aliphatic heterocycles. The van der Waals surface area contributed by atoms with Crippen molar-refractivity contribution in [2.75, 3.05) is 0 Å². The topological polar surface area (TPSA) is 94.0 Å². The Morgan fingerprint density at radius 2 is 2.21 bits per heavy atom. The second-order valence-corrected chi connectivity index (χ2v) is 4.83. The number of halogens is 1. The van der Waals surface area contributed by atoms with E-state index in [1.54, 1.807) is 10.9 Å². The van der Waals surface area contributed by atoms with E-state index in [0.717, 1.165) is 10.2 Å². The lowest BCUT2D eigenvalue weighted by atomic mass is 10.3. The van der Waals surface area contributed by atoms with Crippen LogP contribution in [0.3, 0.4) is 0 Å². The second kappa shape index (κ2) is 6.34. The highest BCUT2D eigenvalue weighted by Gasteiger charge is 2.06. The molecular formula is C10H10BrN7S. The third-order valence-electron chi connectivity index (χ3n) is 2.15. The molecule has 0 radical (unpaired) electrons. The molecule has 1 aromatic carbocycles. The summed E-state index contributed by atoms with van der Waals surface area (Å²) in [5.74, 6) is 0.663. The largest absolute Gasteiger partial charge is 0.375 e. The second-order valence-electron chi connectivity index (χ2n) is 3.48. The molecule has 0 amide bonds. The van der Waals surface area contributed by atoms with Crippen molar-refractivity contribution < 1.29 is 0 Å². The van der Waals surface area contributed by atoms with Gasteiger partial charge >= 0.3 is 0 Å². The molecule has 0 spiro atoms. The van der Waals surface area contributed by atoms with Crippen LogP contribution in [0, 0.1) is 0 Å². The Balaban J connectivity index is 2.11. The number of aromatic nitrogens is 4. The Hall–Kier alpha value is -1.87. The van der Waals surface area contributed by atoms with Crippen molar-refractivity contribution in [3.05, 3.63) is 34.6 Å². The first kappa shape index (κ1) is 13.6. The number of hydrogen-bond acceptors (Lipinski definition) is 5. The van der Waals surface area contributed by atoms with Gasteiger partial charge in [0.2, 0.25) is 0 Å². The summed E-state index contributed by atoms with van der Waals surface area (Å²) in [6, 6.07) is 7.66. The van der Waals surface area contributed by atoms with Crippen molar-refractivity contribution in [2.24, 2.45) is 10.8 Å². The molecule has 0 atom stereocenters. The van der Waals surface area contributed by atoms with Gasteiger partial charge in [-0.15, -0.1) is 5.10 Å². The van der Waals surface area contributed by atoms with Crippen LogP contribution in [0.15, 0.2) is 33.8 Å². The molecule has 2 aromatic rings. The third-order valence-corrected chi connectivity index (χ3v) is 2.77. The van der Waals surface area contributed by atoms with Gasteiger partial charge in [0.1, 0.15) is 0 Å². The first-order valence-corrected chi connectivity index (χ1v) is 6.47. The Kier molecular flexibility index (Phi) is 4.53. The Bertz CT molecular complexity index is 592. The lowest BCUT2D eigenvalue weighted by Gasteiger charge is -2.02. The summed E-state index contributed by atoms with van der Waals surface area (Å²) in [5.41, 5.74) is 8.59. The molecule has 0 bridgehead atoms. The van der Waals surface area contributed by atoms with Crippen molar-refractivity contribution in [2.45, 2.75) is 6.42 Å². The number of rotatable bonds is 4. The summed E-state index contributed by atoms with van der Waals surface area (Å²) in [7, 11) is 0. The minimum absolute atomic E-state index is 0.115. The van der Waals surface area contributed by atoms with Gasteiger partial charge in [0.25, 0.3) is 0 Å². The fourth-order valence-electron chi connectivity index (χ4n) is 1.35. The molecule has 0 aliphatic rings. The summed E-state index contributed by atoms with van der Waals surface area (Å²) >= 11 is 8.00. The summed E-state index contributed by atoms with van der Waals surface area (Å²) in [6.45, 7) is 0. The molecule has 9 heteroatoms. The number of nitrogens with zero attached hydrogens (tertiary/aromatic N) is 5. The van der Waals surface area contributed by atoms with E-state index in [9.17, 15) is 0 Å². The summed E-state index contributed by atoms with van der Waals surface area (Å²) < 4.78 is 2.63. The average molecular weight is 340 g/mol. The monoisotopic (exact) mass is 339 g/mol. The van der Waals surface area contributed by atoms with Crippen LogP contribution in [-0.2, 0) is 6.42 Å². The lowest BCUT2D eigenvalue weighted by molar-refractivity contribution is 0.775. The molecule has 1 aromatic heterocycles. The van der Waals surface area contributed by atoms with Gasteiger partial charge in [0, 0.05) is 17.1 Å². The fraction of sp³-hybridized carbons (Fsp3) is 0.100.